The van der Waals surface area contributed by atoms with Crippen LogP contribution in [0, 0.1) is 0 Å². The van der Waals surface area contributed by atoms with Crippen molar-refractivity contribution in [1.82, 2.24) is 15.2 Å². The van der Waals surface area contributed by atoms with Crippen molar-refractivity contribution in [2.24, 2.45) is 0 Å². The molecule has 0 atom stereocenters. The molecule has 26 heavy (non-hydrogen) atoms. The van der Waals surface area contributed by atoms with Gasteiger partial charge in [-0.3, -0.25) is 9.89 Å². The van der Waals surface area contributed by atoms with E-state index in [0.717, 1.165) is 5.75 Å². The van der Waals surface area contributed by atoms with Crippen LogP contribution in [-0.2, 0) is 11.4 Å². The Balaban J connectivity index is 1.47. The summed E-state index contributed by atoms with van der Waals surface area (Å²) in [6, 6.07) is 14.3. The summed E-state index contributed by atoms with van der Waals surface area (Å²) in [4.78, 5) is 16.3. The van der Waals surface area contributed by atoms with Gasteiger partial charge in [-0.25, -0.2) is 4.98 Å². The predicted molar refractivity (Wildman–Crippen MR) is 103 cm³/mol. The molecule has 3 aromatic rings. The zero-order valence-corrected chi connectivity index (χ0v) is 15.7. The third kappa shape index (κ3) is 5.66. The number of nitrogens with one attached hydrogen (secondary N) is 2. The number of anilines is 1. The van der Waals surface area contributed by atoms with Crippen LogP contribution >= 0.6 is 35.0 Å². The fourth-order valence-electron chi connectivity index (χ4n) is 2.03. The maximum Gasteiger partial charge on any atom is 0.234 e. The summed E-state index contributed by atoms with van der Waals surface area (Å²) in [6.45, 7) is 0.269. The lowest BCUT2D eigenvalue weighted by Gasteiger charge is -2.05. The second-order valence-electron chi connectivity index (χ2n) is 5.16. The Hall–Kier alpha value is -2.22. The van der Waals surface area contributed by atoms with E-state index in [1.807, 2.05) is 30.3 Å². The van der Waals surface area contributed by atoms with Gasteiger partial charge in [0.05, 0.1) is 5.75 Å². The van der Waals surface area contributed by atoms with Gasteiger partial charge >= 0.3 is 0 Å². The highest BCUT2D eigenvalue weighted by Crippen LogP contribution is 2.23. The van der Waals surface area contributed by atoms with Crippen LogP contribution in [0.15, 0.2) is 53.7 Å². The molecule has 0 aliphatic heterocycles. The third-order valence-electron chi connectivity index (χ3n) is 3.11. The fourth-order valence-corrected chi connectivity index (χ4v) is 3.17. The second kappa shape index (κ2) is 8.93. The molecule has 0 unspecified atom stereocenters. The van der Waals surface area contributed by atoms with Crippen molar-refractivity contribution in [2.45, 2.75) is 11.8 Å². The van der Waals surface area contributed by atoms with Crippen LogP contribution in [0.2, 0.25) is 10.0 Å². The number of carbonyl (C=O) groups excluding carboxylic acids is 1. The van der Waals surface area contributed by atoms with Crippen LogP contribution in [0.25, 0.3) is 0 Å². The zero-order chi connectivity index (χ0) is 18.4. The summed E-state index contributed by atoms with van der Waals surface area (Å²) in [7, 11) is 0. The van der Waals surface area contributed by atoms with Gasteiger partial charge in [0.25, 0.3) is 0 Å². The summed E-state index contributed by atoms with van der Waals surface area (Å²) in [6.07, 6.45) is 0. The normalized spacial score (nSPS) is 10.5. The Bertz CT molecular complexity index is 869. The Morgan fingerprint density at radius 3 is 2.62 bits per heavy atom. The zero-order valence-electron chi connectivity index (χ0n) is 13.4. The molecule has 0 bridgehead atoms. The van der Waals surface area contributed by atoms with Crippen molar-refractivity contribution >= 4 is 46.6 Å². The molecular weight excluding hydrogens is 395 g/mol. The molecule has 1 amide bonds. The molecule has 1 heterocycles. The quantitative estimate of drug-likeness (QED) is 0.565. The van der Waals surface area contributed by atoms with Gasteiger partial charge in [-0.2, -0.15) is 0 Å². The Morgan fingerprint density at radius 2 is 1.88 bits per heavy atom. The first-order valence-corrected chi connectivity index (χ1v) is 9.30. The number of thioether (sulfide) groups is 1. The molecule has 0 fully saturated rings. The number of amides is 1. The van der Waals surface area contributed by atoms with E-state index in [9.17, 15) is 4.79 Å². The van der Waals surface area contributed by atoms with Gasteiger partial charge in [0.1, 0.15) is 12.4 Å². The Labute approximate surface area is 164 Å². The summed E-state index contributed by atoms with van der Waals surface area (Å²) >= 11 is 13.0. The second-order valence-corrected chi connectivity index (χ2v) is 6.98. The third-order valence-corrected chi connectivity index (χ3v) is 4.39. The predicted octanol–water partition coefficient (Wildman–Crippen LogP) is 4.42. The molecule has 3 rings (SSSR count). The van der Waals surface area contributed by atoms with Crippen LogP contribution in [0.5, 0.6) is 5.75 Å². The monoisotopic (exact) mass is 408 g/mol. The van der Waals surface area contributed by atoms with Crippen LogP contribution in [0.3, 0.4) is 0 Å². The van der Waals surface area contributed by atoms with Gasteiger partial charge in [-0.1, -0.05) is 53.2 Å². The smallest absolute Gasteiger partial charge is 0.234 e. The van der Waals surface area contributed by atoms with Gasteiger partial charge in [-0.15, -0.1) is 5.10 Å². The molecule has 0 radical (unpaired) electrons. The average molecular weight is 409 g/mol. The molecule has 6 nitrogen and oxygen atoms in total. The van der Waals surface area contributed by atoms with Gasteiger partial charge < -0.3 is 10.1 Å². The van der Waals surface area contributed by atoms with E-state index >= 15 is 0 Å². The van der Waals surface area contributed by atoms with Crippen molar-refractivity contribution < 1.29 is 9.53 Å². The molecule has 0 saturated carbocycles. The summed E-state index contributed by atoms with van der Waals surface area (Å²) in [5.41, 5.74) is 0.542. The number of aromatic nitrogens is 3. The number of para-hydroxylation sites is 1. The number of nitrogens with zero attached hydrogens (tertiary/aromatic N) is 2. The topological polar surface area (TPSA) is 79.9 Å². The number of ether oxygens (including phenoxy) is 1. The number of hydrogen-bond acceptors (Lipinski definition) is 5. The highest BCUT2D eigenvalue weighted by Gasteiger charge is 2.09. The van der Waals surface area contributed by atoms with E-state index in [-0.39, 0.29) is 18.3 Å². The lowest BCUT2D eigenvalue weighted by molar-refractivity contribution is -0.113. The molecule has 0 spiro atoms. The van der Waals surface area contributed by atoms with Crippen LogP contribution < -0.4 is 10.1 Å². The van der Waals surface area contributed by atoms with E-state index in [4.69, 9.17) is 27.9 Å². The lowest BCUT2D eigenvalue weighted by atomic mass is 10.3. The van der Waals surface area contributed by atoms with Gasteiger partial charge in [-0.05, 0) is 30.3 Å². The summed E-state index contributed by atoms with van der Waals surface area (Å²) in [5, 5.41) is 11.0. The van der Waals surface area contributed by atoms with Crippen LogP contribution in [-0.4, -0.2) is 26.8 Å². The number of hydrogen-bond donors (Lipinski definition) is 2. The number of benzene rings is 2. The van der Waals surface area contributed by atoms with E-state index in [1.165, 1.54) is 11.8 Å². The van der Waals surface area contributed by atoms with Gasteiger partial charge in [0, 0.05) is 15.7 Å². The minimum absolute atomic E-state index is 0.154. The first kappa shape index (κ1) is 18.6. The molecule has 134 valence electrons. The molecular formula is C17H14Cl2N4O2S. The lowest BCUT2D eigenvalue weighted by Crippen LogP contribution is -2.14. The van der Waals surface area contributed by atoms with Gasteiger partial charge in [0.15, 0.2) is 5.82 Å². The first-order chi connectivity index (χ1) is 12.6. The molecule has 2 N–H and O–H groups in total. The molecule has 0 aliphatic rings. The molecule has 0 aliphatic carbocycles. The van der Waals surface area contributed by atoms with Crippen molar-refractivity contribution in [2.75, 3.05) is 11.1 Å². The van der Waals surface area contributed by atoms with Crippen molar-refractivity contribution in [3.63, 3.8) is 0 Å². The van der Waals surface area contributed by atoms with E-state index in [2.05, 4.69) is 20.5 Å². The maximum atomic E-state index is 12.0. The number of H-pyrrole nitrogens is 1. The van der Waals surface area contributed by atoms with Crippen LogP contribution in [0.1, 0.15) is 5.82 Å². The highest BCUT2D eigenvalue weighted by molar-refractivity contribution is 7.99. The average Bonchev–Trinajstić information content (AvgIpc) is 3.06. The van der Waals surface area contributed by atoms with E-state index in [1.54, 1.807) is 18.2 Å². The van der Waals surface area contributed by atoms with Crippen molar-refractivity contribution in [3.8, 4) is 5.75 Å². The van der Waals surface area contributed by atoms with Gasteiger partial charge in [0.2, 0.25) is 11.1 Å². The maximum absolute atomic E-state index is 12.0. The molecule has 2 aromatic carbocycles. The standard InChI is InChI=1S/C17H14Cl2N4O2S/c18-11-6-12(19)8-13(7-11)20-16(24)10-26-17-21-15(22-23-17)9-25-14-4-2-1-3-5-14/h1-8H,9-10H2,(H,20,24)(H,21,22,23). The number of aromatic amines is 1. The first-order valence-electron chi connectivity index (χ1n) is 7.56. The number of rotatable bonds is 7. The largest absolute Gasteiger partial charge is 0.486 e. The van der Waals surface area contributed by atoms with E-state index < -0.39 is 0 Å². The highest BCUT2D eigenvalue weighted by atomic mass is 35.5. The minimum Gasteiger partial charge on any atom is -0.486 e. The fraction of sp³-hybridized carbons (Fsp3) is 0.118. The van der Waals surface area contributed by atoms with Crippen LogP contribution in [0.4, 0.5) is 5.69 Å². The molecule has 1 aromatic heterocycles. The van der Waals surface area contributed by atoms with E-state index in [0.29, 0.717) is 26.7 Å². The number of halogens is 2. The Kier molecular flexibility index (Phi) is 6.38. The summed E-state index contributed by atoms with van der Waals surface area (Å²) < 4.78 is 5.59. The molecule has 0 saturated heterocycles. The van der Waals surface area contributed by atoms with Crippen molar-refractivity contribution in [1.29, 1.82) is 0 Å². The summed E-state index contributed by atoms with van der Waals surface area (Å²) in [5.74, 6) is 1.28. The Morgan fingerprint density at radius 1 is 1.15 bits per heavy atom. The minimum atomic E-state index is -0.208. The SMILES string of the molecule is O=C(CSc1n[nH]c(COc2ccccc2)n1)Nc1cc(Cl)cc(Cl)c1. The molecule has 9 heteroatoms. The number of carbonyl (C=O) groups is 1. The van der Waals surface area contributed by atoms with Crippen molar-refractivity contribution in [3.05, 3.63) is 64.4 Å².